The van der Waals surface area contributed by atoms with Crippen molar-refractivity contribution in [1.29, 1.82) is 0 Å². The van der Waals surface area contributed by atoms with Crippen molar-refractivity contribution in [2.24, 2.45) is 0 Å². The lowest BCUT2D eigenvalue weighted by molar-refractivity contribution is 0.321. The van der Waals surface area contributed by atoms with Gasteiger partial charge >= 0.3 is 5.63 Å². The van der Waals surface area contributed by atoms with Crippen LogP contribution < -0.4 is 5.63 Å². The van der Waals surface area contributed by atoms with Crippen LogP contribution in [-0.2, 0) is 11.3 Å². The van der Waals surface area contributed by atoms with Crippen LogP contribution in [0.2, 0.25) is 0 Å². The number of aromatic nitrogens is 4. The van der Waals surface area contributed by atoms with Crippen LogP contribution in [0.5, 0.6) is 0 Å². The van der Waals surface area contributed by atoms with E-state index in [1.165, 1.54) is 17.3 Å². The van der Waals surface area contributed by atoms with Crippen LogP contribution in [0.1, 0.15) is 37.5 Å². The van der Waals surface area contributed by atoms with Gasteiger partial charge < -0.3 is 4.42 Å². The summed E-state index contributed by atoms with van der Waals surface area (Å²) >= 11 is 1.51. The van der Waals surface area contributed by atoms with E-state index >= 15 is 0 Å². The van der Waals surface area contributed by atoms with Gasteiger partial charge in [0.1, 0.15) is 5.58 Å². The third kappa shape index (κ3) is 3.21. The van der Waals surface area contributed by atoms with Crippen LogP contribution in [0.15, 0.2) is 32.6 Å². The maximum absolute atomic E-state index is 11.9. The van der Waals surface area contributed by atoms with Crippen LogP contribution in [-0.4, -0.2) is 20.2 Å². The van der Waals surface area contributed by atoms with Crippen molar-refractivity contribution < 1.29 is 4.42 Å². The summed E-state index contributed by atoms with van der Waals surface area (Å²) in [6.45, 7) is 10.2. The molecule has 0 atom stereocenters. The van der Waals surface area contributed by atoms with Gasteiger partial charge in [-0.05, 0) is 73.9 Å². The normalized spacial score (nSPS) is 12.0. The molecule has 0 saturated heterocycles. The molecule has 1 aromatic carbocycles. The van der Waals surface area contributed by atoms with Crippen LogP contribution >= 0.6 is 11.8 Å². The first-order valence-electron chi connectivity index (χ1n) is 7.71. The summed E-state index contributed by atoms with van der Waals surface area (Å²) in [5.74, 6) is 0.598. The molecule has 7 heteroatoms. The zero-order chi connectivity index (χ0) is 17.5. The molecule has 0 bridgehead atoms. The van der Waals surface area contributed by atoms with Gasteiger partial charge in [0, 0.05) is 17.2 Å². The van der Waals surface area contributed by atoms with E-state index in [2.05, 4.69) is 28.5 Å². The fourth-order valence-electron chi connectivity index (χ4n) is 2.43. The summed E-state index contributed by atoms with van der Waals surface area (Å²) in [6, 6.07) is 5.53. The summed E-state index contributed by atoms with van der Waals surface area (Å²) in [7, 11) is 0. The summed E-state index contributed by atoms with van der Waals surface area (Å²) in [6.07, 6.45) is 0. The highest BCUT2D eigenvalue weighted by molar-refractivity contribution is 7.98. The third-order valence-corrected chi connectivity index (χ3v) is 4.85. The molecule has 0 aliphatic heterocycles. The highest BCUT2D eigenvalue weighted by Gasteiger charge is 2.20. The van der Waals surface area contributed by atoms with E-state index < -0.39 is 0 Å². The second-order valence-electron chi connectivity index (χ2n) is 6.86. The van der Waals surface area contributed by atoms with Crippen LogP contribution in [0.4, 0.5) is 0 Å². The fraction of sp³-hybridized carbons (Fsp3) is 0.412. The Balaban J connectivity index is 1.98. The average Bonchev–Trinajstić information content (AvgIpc) is 2.95. The van der Waals surface area contributed by atoms with Crippen molar-refractivity contribution >= 4 is 22.7 Å². The number of benzene rings is 1. The number of nitrogens with zero attached hydrogens (tertiary/aromatic N) is 4. The van der Waals surface area contributed by atoms with E-state index in [4.69, 9.17) is 4.42 Å². The smallest absolute Gasteiger partial charge is 0.336 e. The van der Waals surface area contributed by atoms with Crippen molar-refractivity contribution in [3.05, 3.63) is 45.3 Å². The molecule has 0 unspecified atom stereocenters. The van der Waals surface area contributed by atoms with E-state index in [0.29, 0.717) is 11.3 Å². The first kappa shape index (κ1) is 16.7. The Morgan fingerprint density at radius 1 is 1.17 bits per heavy atom. The molecule has 0 aliphatic rings. The van der Waals surface area contributed by atoms with Crippen molar-refractivity contribution in [2.75, 3.05) is 0 Å². The van der Waals surface area contributed by atoms with Gasteiger partial charge in [-0.15, -0.1) is 5.10 Å². The van der Waals surface area contributed by atoms with Gasteiger partial charge in [-0.25, -0.2) is 9.48 Å². The molecular formula is C17H20N4O2S. The van der Waals surface area contributed by atoms with Crippen LogP contribution in [0.25, 0.3) is 11.0 Å². The number of rotatable bonds is 3. The van der Waals surface area contributed by atoms with Gasteiger partial charge in [0.05, 0.1) is 5.54 Å². The summed E-state index contributed by atoms with van der Waals surface area (Å²) in [5.41, 5.74) is 3.29. The largest absolute Gasteiger partial charge is 0.423 e. The Bertz CT molecular complexity index is 953. The Morgan fingerprint density at radius 3 is 2.58 bits per heavy atom. The molecule has 2 aromatic heterocycles. The predicted octanol–water partition coefficient (Wildman–Crippen LogP) is 3.44. The van der Waals surface area contributed by atoms with Crippen LogP contribution in [0.3, 0.4) is 0 Å². The Hall–Kier alpha value is -2.15. The molecule has 3 aromatic rings. The molecule has 0 spiro atoms. The second kappa shape index (κ2) is 6.05. The third-order valence-electron chi connectivity index (χ3n) is 3.88. The lowest BCUT2D eigenvalue weighted by atomic mass is 10.0. The van der Waals surface area contributed by atoms with E-state index in [0.717, 1.165) is 21.7 Å². The first-order chi connectivity index (χ1) is 11.3. The van der Waals surface area contributed by atoms with Gasteiger partial charge in [-0.3, -0.25) is 0 Å². The van der Waals surface area contributed by atoms with Gasteiger partial charge in [0.2, 0.25) is 5.16 Å². The Labute approximate surface area is 144 Å². The van der Waals surface area contributed by atoms with E-state index in [9.17, 15) is 4.79 Å². The number of thioether (sulfide) groups is 1. The van der Waals surface area contributed by atoms with Gasteiger partial charge in [-0.2, -0.15) is 0 Å². The molecule has 0 radical (unpaired) electrons. The van der Waals surface area contributed by atoms with E-state index in [1.807, 2.05) is 33.8 Å². The quantitative estimate of drug-likeness (QED) is 0.535. The second-order valence-corrected chi connectivity index (χ2v) is 7.80. The monoisotopic (exact) mass is 344 g/mol. The number of hydrogen-bond acceptors (Lipinski definition) is 6. The molecule has 0 fully saturated rings. The molecule has 0 amide bonds. The maximum atomic E-state index is 11.9. The molecule has 6 nitrogen and oxygen atoms in total. The highest BCUT2D eigenvalue weighted by Crippen LogP contribution is 2.28. The topological polar surface area (TPSA) is 73.8 Å². The minimum Gasteiger partial charge on any atom is -0.423 e. The van der Waals surface area contributed by atoms with Crippen molar-refractivity contribution in [2.45, 2.75) is 51.1 Å². The van der Waals surface area contributed by atoms with Crippen LogP contribution in [0, 0.1) is 13.8 Å². The summed E-state index contributed by atoms with van der Waals surface area (Å²) in [4.78, 5) is 11.9. The maximum Gasteiger partial charge on any atom is 0.336 e. The predicted molar refractivity (Wildman–Crippen MR) is 94.3 cm³/mol. The average molecular weight is 344 g/mol. The molecule has 3 rings (SSSR count). The zero-order valence-corrected chi connectivity index (χ0v) is 15.3. The highest BCUT2D eigenvalue weighted by atomic mass is 32.2. The fourth-order valence-corrected chi connectivity index (χ4v) is 3.48. The van der Waals surface area contributed by atoms with Crippen molar-refractivity contribution in [1.82, 2.24) is 20.2 Å². The lowest BCUT2D eigenvalue weighted by Gasteiger charge is -2.19. The Kier molecular flexibility index (Phi) is 4.21. The first-order valence-corrected chi connectivity index (χ1v) is 8.70. The summed E-state index contributed by atoms with van der Waals surface area (Å²) < 4.78 is 7.14. The minimum absolute atomic E-state index is 0.197. The SMILES string of the molecule is Cc1cc2oc(=O)cc(CSc3nnnn3C(C)(C)C)c2cc1C. The van der Waals surface area contributed by atoms with E-state index in [-0.39, 0.29) is 11.2 Å². The molecule has 2 heterocycles. The minimum atomic E-state index is -0.336. The lowest BCUT2D eigenvalue weighted by Crippen LogP contribution is -2.24. The number of hydrogen-bond donors (Lipinski definition) is 0. The van der Waals surface area contributed by atoms with E-state index in [1.54, 1.807) is 10.7 Å². The number of tetrazole rings is 1. The number of aryl methyl sites for hydroxylation is 2. The molecular weight excluding hydrogens is 324 g/mol. The summed E-state index contributed by atoms with van der Waals surface area (Å²) in [5, 5.41) is 13.6. The molecule has 24 heavy (non-hydrogen) atoms. The Morgan fingerprint density at radius 2 is 1.88 bits per heavy atom. The van der Waals surface area contributed by atoms with Crippen molar-refractivity contribution in [3.63, 3.8) is 0 Å². The van der Waals surface area contributed by atoms with Gasteiger partial charge in [-0.1, -0.05) is 11.8 Å². The number of fused-ring (bicyclic) bond motifs is 1. The molecule has 126 valence electrons. The standard InChI is InChI=1S/C17H20N4O2S/c1-10-6-13-12(8-15(22)23-14(13)7-11(10)2)9-24-16-18-19-20-21(16)17(3,4)5/h6-8H,9H2,1-5H3. The molecule has 0 aliphatic carbocycles. The zero-order valence-electron chi connectivity index (χ0n) is 14.5. The molecule has 0 saturated carbocycles. The molecule has 0 N–H and O–H groups in total. The van der Waals surface area contributed by atoms with Gasteiger partial charge in [0.15, 0.2) is 0 Å². The van der Waals surface area contributed by atoms with Gasteiger partial charge in [0.25, 0.3) is 0 Å². The van der Waals surface area contributed by atoms with Crippen molar-refractivity contribution in [3.8, 4) is 0 Å².